The molecule has 0 spiro atoms. The highest BCUT2D eigenvalue weighted by atomic mass is 79.9. The van der Waals surface area contributed by atoms with Crippen molar-refractivity contribution in [2.75, 3.05) is 26.9 Å². The van der Waals surface area contributed by atoms with Gasteiger partial charge >= 0.3 is 0 Å². The fourth-order valence-electron chi connectivity index (χ4n) is 1.90. The van der Waals surface area contributed by atoms with Gasteiger partial charge in [0.25, 0.3) is 0 Å². The Bertz CT molecular complexity index is 531. The zero-order valence-corrected chi connectivity index (χ0v) is 14.5. The Kier molecular flexibility index (Phi) is 7.23. The highest BCUT2D eigenvalue weighted by Crippen LogP contribution is 2.23. The Labute approximate surface area is 138 Å². The van der Waals surface area contributed by atoms with Gasteiger partial charge in [0, 0.05) is 36.0 Å². The maximum atomic E-state index is 5.84. The summed E-state index contributed by atoms with van der Waals surface area (Å²) in [6.45, 7) is 3.06. The first-order valence-electron chi connectivity index (χ1n) is 6.93. The number of ether oxygens (including phenoxy) is 2. The van der Waals surface area contributed by atoms with E-state index in [0.29, 0.717) is 13.2 Å². The average Bonchev–Trinajstić information content (AvgIpc) is 3.00. The second-order valence-corrected chi connectivity index (χ2v) is 6.49. The number of rotatable bonds is 9. The first kappa shape index (κ1) is 16.5. The Hall–Kier alpha value is -0.880. The van der Waals surface area contributed by atoms with Crippen LogP contribution in [0.2, 0.25) is 0 Å². The normalized spacial score (nSPS) is 10.8. The average molecular weight is 370 g/mol. The number of thiophene rings is 1. The number of nitrogens with one attached hydrogen (secondary N) is 1. The van der Waals surface area contributed by atoms with Gasteiger partial charge in [0.15, 0.2) is 0 Å². The molecule has 0 atom stereocenters. The van der Waals surface area contributed by atoms with E-state index in [-0.39, 0.29) is 0 Å². The Morgan fingerprint density at radius 2 is 2.14 bits per heavy atom. The van der Waals surface area contributed by atoms with Crippen LogP contribution in [-0.4, -0.2) is 26.9 Å². The molecule has 1 N–H and O–H groups in total. The lowest BCUT2D eigenvalue weighted by molar-refractivity contribution is 0.199. The van der Waals surface area contributed by atoms with Crippen LogP contribution in [0.3, 0.4) is 0 Å². The van der Waals surface area contributed by atoms with E-state index in [9.17, 15) is 0 Å². The molecule has 0 fully saturated rings. The van der Waals surface area contributed by atoms with E-state index in [4.69, 9.17) is 9.47 Å². The number of benzene rings is 1. The number of hydrogen-bond donors (Lipinski definition) is 1. The van der Waals surface area contributed by atoms with Crippen LogP contribution in [0.5, 0.6) is 5.75 Å². The lowest BCUT2D eigenvalue weighted by Gasteiger charge is -2.10. The molecule has 0 saturated carbocycles. The third-order valence-corrected chi connectivity index (χ3v) is 4.72. The summed E-state index contributed by atoms with van der Waals surface area (Å²) in [5.41, 5.74) is 1.19. The molecule has 1 aromatic heterocycles. The van der Waals surface area contributed by atoms with Crippen molar-refractivity contribution in [3.8, 4) is 5.75 Å². The molecule has 1 heterocycles. The first-order valence-corrected chi connectivity index (χ1v) is 8.60. The van der Waals surface area contributed by atoms with Crippen molar-refractivity contribution in [3.63, 3.8) is 0 Å². The van der Waals surface area contributed by atoms with Crippen LogP contribution in [0.1, 0.15) is 10.4 Å². The molecule has 114 valence electrons. The summed E-state index contributed by atoms with van der Waals surface area (Å²) >= 11 is 5.34. The summed E-state index contributed by atoms with van der Waals surface area (Å²) in [7, 11) is 1.71. The largest absolute Gasteiger partial charge is 0.493 e. The molecule has 2 aromatic rings. The van der Waals surface area contributed by atoms with Gasteiger partial charge in [-0.05, 0) is 35.2 Å². The number of methoxy groups -OCH3 is 1. The van der Waals surface area contributed by atoms with Crippen LogP contribution < -0.4 is 10.1 Å². The van der Waals surface area contributed by atoms with Gasteiger partial charge in [-0.25, -0.2) is 0 Å². The Morgan fingerprint density at radius 3 is 2.90 bits per heavy atom. The second-order valence-electron chi connectivity index (χ2n) is 4.60. The molecule has 5 heteroatoms. The molecule has 21 heavy (non-hydrogen) atoms. The monoisotopic (exact) mass is 369 g/mol. The summed E-state index contributed by atoms with van der Waals surface area (Å²) in [6.07, 6.45) is 0.954. The zero-order valence-electron chi connectivity index (χ0n) is 12.1. The SMILES string of the molecule is COCCNCc1cc(OCCc2cccs2)ccc1Br. The summed E-state index contributed by atoms with van der Waals surface area (Å²) in [4.78, 5) is 1.36. The van der Waals surface area contributed by atoms with Crippen molar-refractivity contribution in [1.29, 1.82) is 0 Å². The van der Waals surface area contributed by atoms with Gasteiger partial charge in [0.1, 0.15) is 5.75 Å². The highest BCUT2D eigenvalue weighted by molar-refractivity contribution is 9.10. The maximum absolute atomic E-state index is 5.84. The maximum Gasteiger partial charge on any atom is 0.119 e. The molecule has 0 aliphatic heterocycles. The number of halogens is 1. The fraction of sp³-hybridized carbons (Fsp3) is 0.375. The molecule has 3 nitrogen and oxygen atoms in total. The topological polar surface area (TPSA) is 30.5 Å². The van der Waals surface area contributed by atoms with E-state index in [0.717, 1.165) is 29.7 Å². The minimum absolute atomic E-state index is 0.707. The van der Waals surface area contributed by atoms with Crippen LogP contribution in [0, 0.1) is 0 Å². The fourth-order valence-corrected chi connectivity index (χ4v) is 2.98. The van der Waals surface area contributed by atoms with Crippen LogP contribution >= 0.6 is 27.3 Å². The summed E-state index contributed by atoms with van der Waals surface area (Å²) in [6, 6.07) is 10.3. The molecular formula is C16H20BrNO2S. The molecule has 0 bridgehead atoms. The summed E-state index contributed by atoms with van der Waals surface area (Å²) in [5.74, 6) is 0.915. The van der Waals surface area contributed by atoms with Crippen LogP contribution in [0.4, 0.5) is 0 Å². The van der Waals surface area contributed by atoms with E-state index in [1.54, 1.807) is 18.4 Å². The Balaban J connectivity index is 1.82. The number of hydrogen-bond acceptors (Lipinski definition) is 4. The molecule has 2 rings (SSSR count). The van der Waals surface area contributed by atoms with Gasteiger partial charge in [-0.15, -0.1) is 11.3 Å². The third kappa shape index (κ3) is 5.79. The van der Waals surface area contributed by atoms with E-state index in [2.05, 4.69) is 44.8 Å². The Morgan fingerprint density at radius 1 is 1.24 bits per heavy atom. The summed E-state index contributed by atoms with van der Waals surface area (Å²) in [5, 5.41) is 5.44. The highest BCUT2D eigenvalue weighted by Gasteiger charge is 2.03. The van der Waals surface area contributed by atoms with Crippen LogP contribution in [0.25, 0.3) is 0 Å². The van der Waals surface area contributed by atoms with Crippen molar-refractivity contribution in [2.24, 2.45) is 0 Å². The van der Waals surface area contributed by atoms with Crippen molar-refractivity contribution >= 4 is 27.3 Å². The molecule has 1 aromatic carbocycles. The van der Waals surface area contributed by atoms with Crippen molar-refractivity contribution in [3.05, 3.63) is 50.6 Å². The lowest BCUT2D eigenvalue weighted by atomic mass is 10.2. The van der Waals surface area contributed by atoms with Gasteiger partial charge in [0.2, 0.25) is 0 Å². The van der Waals surface area contributed by atoms with Gasteiger partial charge in [-0.2, -0.15) is 0 Å². The third-order valence-electron chi connectivity index (χ3n) is 3.01. The molecular weight excluding hydrogens is 350 g/mol. The standard InChI is InChI=1S/C16H20BrNO2S/c1-19-9-7-18-12-13-11-14(4-5-16(13)17)20-8-6-15-3-2-10-21-15/h2-5,10-11,18H,6-9,12H2,1H3. The van der Waals surface area contributed by atoms with Crippen molar-refractivity contribution < 1.29 is 9.47 Å². The van der Waals surface area contributed by atoms with E-state index in [1.165, 1.54) is 10.4 Å². The van der Waals surface area contributed by atoms with Crippen LogP contribution in [0.15, 0.2) is 40.2 Å². The van der Waals surface area contributed by atoms with Gasteiger partial charge < -0.3 is 14.8 Å². The van der Waals surface area contributed by atoms with E-state index >= 15 is 0 Å². The molecule has 0 aliphatic rings. The summed E-state index contributed by atoms with van der Waals surface area (Å²) < 4.78 is 12.0. The van der Waals surface area contributed by atoms with Crippen LogP contribution in [-0.2, 0) is 17.7 Å². The van der Waals surface area contributed by atoms with Crippen molar-refractivity contribution in [2.45, 2.75) is 13.0 Å². The molecule has 0 aliphatic carbocycles. The molecule has 0 radical (unpaired) electrons. The van der Waals surface area contributed by atoms with E-state index in [1.807, 2.05) is 12.1 Å². The minimum atomic E-state index is 0.707. The first-order chi connectivity index (χ1) is 10.3. The molecule has 0 saturated heterocycles. The van der Waals surface area contributed by atoms with E-state index < -0.39 is 0 Å². The van der Waals surface area contributed by atoms with Crippen molar-refractivity contribution in [1.82, 2.24) is 5.32 Å². The van der Waals surface area contributed by atoms with Gasteiger partial charge in [-0.1, -0.05) is 22.0 Å². The molecule has 0 amide bonds. The smallest absolute Gasteiger partial charge is 0.119 e. The van der Waals surface area contributed by atoms with Gasteiger partial charge in [0.05, 0.1) is 13.2 Å². The predicted molar refractivity (Wildman–Crippen MR) is 91.2 cm³/mol. The zero-order chi connectivity index (χ0) is 14.9. The quantitative estimate of drug-likeness (QED) is 0.680. The predicted octanol–water partition coefficient (Wildman–Crippen LogP) is 3.87. The minimum Gasteiger partial charge on any atom is -0.493 e. The lowest BCUT2D eigenvalue weighted by Crippen LogP contribution is -2.18. The van der Waals surface area contributed by atoms with Gasteiger partial charge in [-0.3, -0.25) is 0 Å². The second kappa shape index (κ2) is 9.20. The molecule has 0 unspecified atom stereocenters.